The van der Waals surface area contributed by atoms with Crippen molar-refractivity contribution in [3.05, 3.63) is 48.0 Å². The molecule has 2 aromatic carbocycles. The molecule has 2 fully saturated rings. The van der Waals surface area contributed by atoms with Crippen LogP contribution in [-0.4, -0.2) is 85.2 Å². The Hall–Kier alpha value is -3.83. The van der Waals surface area contributed by atoms with E-state index in [0.29, 0.717) is 42.6 Å². The molecule has 0 unspecified atom stereocenters. The Morgan fingerprint density at radius 2 is 1.81 bits per heavy atom. The van der Waals surface area contributed by atoms with E-state index in [1.165, 1.54) is 12.8 Å². The van der Waals surface area contributed by atoms with E-state index in [2.05, 4.69) is 25.2 Å². The fourth-order valence-electron chi connectivity index (χ4n) is 4.57. The molecular formula is C26H33N7O4. The van der Waals surface area contributed by atoms with E-state index in [-0.39, 0.29) is 17.8 Å². The van der Waals surface area contributed by atoms with Gasteiger partial charge in [0.15, 0.2) is 11.5 Å². The van der Waals surface area contributed by atoms with E-state index in [9.17, 15) is 4.79 Å². The highest BCUT2D eigenvalue weighted by Crippen LogP contribution is 2.31. The highest BCUT2D eigenvalue weighted by atomic mass is 16.5. The number of nitrogens with two attached hydrogens (primary N) is 1. The zero-order valence-corrected chi connectivity index (χ0v) is 21.1. The monoisotopic (exact) mass is 507 g/mol. The third kappa shape index (κ3) is 5.95. The lowest BCUT2D eigenvalue weighted by Crippen LogP contribution is -2.36. The number of benzene rings is 2. The summed E-state index contributed by atoms with van der Waals surface area (Å²) in [5, 5.41) is 7.37. The van der Waals surface area contributed by atoms with Gasteiger partial charge < -0.3 is 30.2 Å². The van der Waals surface area contributed by atoms with Crippen LogP contribution >= 0.6 is 0 Å². The van der Waals surface area contributed by atoms with Crippen molar-refractivity contribution in [2.75, 3.05) is 75.6 Å². The summed E-state index contributed by atoms with van der Waals surface area (Å²) in [7, 11) is 1.60. The fraction of sp³-hybridized carbons (Fsp3) is 0.423. The van der Waals surface area contributed by atoms with Crippen molar-refractivity contribution >= 4 is 29.2 Å². The Morgan fingerprint density at radius 3 is 2.54 bits per heavy atom. The van der Waals surface area contributed by atoms with Gasteiger partial charge >= 0.3 is 0 Å². The standard InChI is InChI=1S/C26H33N7O4/c1-35-23-18-20(6-9-22(23)37-17-12-31-10-2-3-11-31)28-26-29-25(27)33(30-26)24(34)19-4-7-21(8-5-19)32-13-15-36-16-14-32/h4-9,18H,2-3,10-17H2,1H3,(H3,27,28,29,30). The Labute approximate surface area is 216 Å². The third-order valence-electron chi connectivity index (χ3n) is 6.60. The zero-order chi connectivity index (χ0) is 25.6. The van der Waals surface area contributed by atoms with Crippen molar-refractivity contribution in [3.8, 4) is 11.5 Å². The van der Waals surface area contributed by atoms with Gasteiger partial charge in [0.1, 0.15) is 6.61 Å². The first-order valence-corrected chi connectivity index (χ1v) is 12.6. The molecule has 0 bridgehead atoms. The van der Waals surface area contributed by atoms with Crippen LogP contribution in [0.5, 0.6) is 11.5 Å². The average molecular weight is 508 g/mol. The predicted octanol–water partition coefficient (Wildman–Crippen LogP) is 2.61. The van der Waals surface area contributed by atoms with Gasteiger partial charge in [0.05, 0.1) is 20.3 Å². The van der Waals surface area contributed by atoms with Crippen LogP contribution < -0.4 is 25.4 Å². The molecule has 37 heavy (non-hydrogen) atoms. The van der Waals surface area contributed by atoms with Crippen LogP contribution in [0, 0.1) is 0 Å². The van der Waals surface area contributed by atoms with Crippen LogP contribution in [0.2, 0.25) is 0 Å². The summed E-state index contributed by atoms with van der Waals surface area (Å²) in [5.41, 5.74) is 8.23. The second kappa shape index (κ2) is 11.5. The summed E-state index contributed by atoms with van der Waals surface area (Å²) in [6, 6.07) is 12.9. The smallest absolute Gasteiger partial charge is 0.281 e. The molecule has 196 valence electrons. The van der Waals surface area contributed by atoms with Gasteiger partial charge in [-0.15, -0.1) is 5.10 Å². The number of rotatable bonds is 9. The van der Waals surface area contributed by atoms with Gasteiger partial charge in [-0.1, -0.05) is 0 Å². The maximum Gasteiger partial charge on any atom is 0.281 e. The molecule has 2 aliphatic rings. The second-order valence-corrected chi connectivity index (χ2v) is 9.04. The summed E-state index contributed by atoms with van der Waals surface area (Å²) in [6.45, 7) is 6.82. The van der Waals surface area contributed by atoms with Crippen molar-refractivity contribution in [1.82, 2.24) is 19.7 Å². The summed E-state index contributed by atoms with van der Waals surface area (Å²) in [6.07, 6.45) is 2.51. The van der Waals surface area contributed by atoms with Gasteiger partial charge in [-0.05, 0) is 62.3 Å². The minimum absolute atomic E-state index is 0.00131. The summed E-state index contributed by atoms with van der Waals surface area (Å²) in [5.74, 6) is 1.11. The lowest BCUT2D eigenvalue weighted by molar-refractivity contribution is 0.0948. The van der Waals surface area contributed by atoms with Crippen molar-refractivity contribution in [3.63, 3.8) is 0 Å². The number of likely N-dealkylation sites (tertiary alicyclic amines) is 1. The molecule has 3 N–H and O–H groups in total. The highest BCUT2D eigenvalue weighted by molar-refractivity contribution is 5.97. The van der Waals surface area contributed by atoms with Crippen molar-refractivity contribution in [1.29, 1.82) is 0 Å². The largest absolute Gasteiger partial charge is 0.493 e. The number of hydrogen-bond donors (Lipinski definition) is 2. The number of hydrogen-bond acceptors (Lipinski definition) is 10. The average Bonchev–Trinajstić information content (AvgIpc) is 3.59. The first-order chi connectivity index (χ1) is 18.1. The van der Waals surface area contributed by atoms with E-state index in [1.54, 1.807) is 25.3 Å². The number of nitrogen functional groups attached to an aromatic ring is 1. The van der Waals surface area contributed by atoms with Crippen molar-refractivity contribution in [2.24, 2.45) is 0 Å². The lowest BCUT2D eigenvalue weighted by Gasteiger charge is -2.28. The van der Waals surface area contributed by atoms with Gasteiger partial charge in [0.25, 0.3) is 5.91 Å². The molecule has 3 heterocycles. The first-order valence-electron chi connectivity index (χ1n) is 12.6. The topological polar surface area (TPSA) is 120 Å². The van der Waals surface area contributed by atoms with E-state index < -0.39 is 0 Å². The third-order valence-corrected chi connectivity index (χ3v) is 6.60. The number of aromatic nitrogens is 3. The minimum Gasteiger partial charge on any atom is -0.493 e. The second-order valence-electron chi connectivity index (χ2n) is 9.04. The summed E-state index contributed by atoms with van der Waals surface area (Å²) >= 11 is 0. The maximum absolute atomic E-state index is 13.0. The van der Waals surface area contributed by atoms with Crippen LogP contribution in [0.25, 0.3) is 0 Å². The van der Waals surface area contributed by atoms with E-state index in [0.717, 1.165) is 43.1 Å². The summed E-state index contributed by atoms with van der Waals surface area (Å²) in [4.78, 5) is 21.9. The van der Waals surface area contributed by atoms with Gasteiger partial charge in [0, 0.05) is 42.6 Å². The normalized spacial score (nSPS) is 16.1. The highest BCUT2D eigenvalue weighted by Gasteiger charge is 2.18. The number of anilines is 4. The molecule has 0 spiro atoms. The van der Waals surface area contributed by atoms with Gasteiger partial charge in [-0.3, -0.25) is 9.69 Å². The van der Waals surface area contributed by atoms with Crippen molar-refractivity contribution < 1.29 is 19.0 Å². The lowest BCUT2D eigenvalue weighted by atomic mass is 10.2. The van der Waals surface area contributed by atoms with E-state index in [4.69, 9.17) is 19.9 Å². The zero-order valence-electron chi connectivity index (χ0n) is 21.1. The van der Waals surface area contributed by atoms with E-state index >= 15 is 0 Å². The molecular weight excluding hydrogens is 474 g/mol. The molecule has 5 rings (SSSR count). The molecule has 2 saturated heterocycles. The Bertz CT molecular complexity index is 1200. The number of carbonyl (C=O) groups is 1. The number of carbonyl (C=O) groups excluding carboxylic acids is 1. The number of methoxy groups -OCH3 is 1. The fourth-order valence-corrected chi connectivity index (χ4v) is 4.57. The molecule has 2 aliphatic heterocycles. The maximum atomic E-state index is 13.0. The quantitative estimate of drug-likeness (QED) is 0.447. The minimum atomic E-state index is -0.356. The Kier molecular flexibility index (Phi) is 7.71. The number of morpholine rings is 1. The van der Waals surface area contributed by atoms with Crippen LogP contribution in [0.4, 0.5) is 23.3 Å². The van der Waals surface area contributed by atoms with E-state index in [1.807, 2.05) is 24.3 Å². The van der Waals surface area contributed by atoms with Gasteiger partial charge in [-0.25, -0.2) is 0 Å². The van der Waals surface area contributed by atoms with Crippen LogP contribution in [0.3, 0.4) is 0 Å². The number of nitrogens with one attached hydrogen (secondary N) is 1. The molecule has 0 atom stereocenters. The molecule has 0 aliphatic carbocycles. The Morgan fingerprint density at radius 1 is 1.05 bits per heavy atom. The molecule has 0 amide bonds. The molecule has 0 radical (unpaired) electrons. The first kappa shape index (κ1) is 24.8. The van der Waals surface area contributed by atoms with Crippen molar-refractivity contribution in [2.45, 2.75) is 12.8 Å². The SMILES string of the molecule is COc1cc(Nc2nc(N)n(C(=O)c3ccc(N4CCOCC4)cc3)n2)ccc1OCCN1CCCC1. The molecule has 1 aromatic heterocycles. The number of ether oxygens (including phenoxy) is 3. The molecule has 11 nitrogen and oxygen atoms in total. The van der Waals surface area contributed by atoms with Crippen LogP contribution in [-0.2, 0) is 4.74 Å². The molecule has 0 saturated carbocycles. The number of nitrogens with zero attached hydrogens (tertiary/aromatic N) is 5. The van der Waals surface area contributed by atoms with Crippen LogP contribution in [0.1, 0.15) is 23.2 Å². The van der Waals surface area contributed by atoms with Gasteiger partial charge in [-0.2, -0.15) is 9.67 Å². The molecule has 11 heteroatoms. The molecule has 3 aromatic rings. The Balaban J connectivity index is 1.22. The predicted molar refractivity (Wildman–Crippen MR) is 141 cm³/mol. The summed E-state index contributed by atoms with van der Waals surface area (Å²) < 4.78 is 18.0. The van der Waals surface area contributed by atoms with Crippen LogP contribution in [0.15, 0.2) is 42.5 Å². The van der Waals surface area contributed by atoms with Gasteiger partial charge in [0.2, 0.25) is 11.9 Å².